The molecule has 0 bridgehead atoms. The van der Waals surface area contributed by atoms with E-state index < -0.39 is 0 Å². The number of ether oxygens (including phenoxy) is 1. The molecule has 0 heterocycles. The topological polar surface area (TPSA) is 29.5 Å². The van der Waals surface area contributed by atoms with Gasteiger partial charge in [-0.15, -0.1) is 0 Å². The SMILES string of the molecule is COc1ccc(C2CC2CO)cc1Cl. The predicted octanol–water partition coefficient (Wildman–Crippen LogP) is 2.44. The monoisotopic (exact) mass is 212 g/mol. The fourth-order valence-corrected chi connectivity index (χ4v) is 2.04. The standard InChI is InChI=1S/C11H13ClO2/c1-14-11-3-2-7(5-10(11)12)9-4-8(9)6-13/h2-3,5,8-9,13H,4,6H2,1H3. The van der Waals surface area contributed by atoms with Crippen molar-refractivity contribution in [3.8, 4) is 5.75 Å². The Hall–Kier alpha value is -0.730. The van der Waals surface area contributed by atoms with Crippen molar-refractivity contribution in [3.05, 3.63) is 28.8 Å². The van der Waals surface area contributed by atoms with Crippen LogP contribution in [0.3, 0.4) is 0 Å². The van der Waals surface area contributed by atoms with E-state index in [1.165, 1.54) is 5.56 Å². The lowest BCUT2D eigenvalue weighted by molar-refractivity contribution is 0.274. The van der Waals surface area contributed by atoms with Gasteiger partial charge in [0.15, 0.2) is 0 Å². The smallest absolute Gasteiger partial charge is 0.137 e. The van der Waals surface area contributed by atoms with Crippen LogP contribution in [0.15, 0.2) is 18.2 Å². The largest absolute Gasteiger partial charge is 0.495 e. The normalized spacial score (nSPS) is 24.8. The molecule has 0 amide bonds. The van der Waals surface area contributed by atoms with E-state index in [-0.39, 0.29) is 6.61 Å². The van der Waals surface area contributed by atoms with Crippen molar-refractivity contribution in [1.82, 2.24) is 0 Å². The van der Waals surface area contributed by atoms with Crippen LogP contribution in [0.1, 0.15) is 17.9 Å². The molecule has 1 aliphatic rings. The lowest BCUT2D eigenvalue weighted by atomic mass is 10.1. The molecule has 1 aliphatic carbocycles. The summed E-state index contributed by atoms with van der Waals surface area (Å²) in [6, 6.07) is 5.83. The van der Waals surface area contributed by atoms with Gasteiger partial charge in [0.05, 0.1) is 12.1 Å². The number of halogens is 1. The molecule has 1 saturated carbocycles. The molecule has 76 valence electrons. The molecule has 0 spiro atoms. The number of hydrogen-bond donors (Lipinski definition) is 1. The van der Waals surface area contributed by atoms with E-state index in [0.29, 0.717) is 22.6 Å². The third-order valence-electron chi connectivity index (χ3n) is 2.76. The number of rotatable bonds is 3. The van der Waals surface area contributed by atoms with Gasteiger partial charge in [-0.3, -0.25) is 0 Å². The predicted molar refractivity (Wildman–Crippen MR) is 55.9 cm³/mol. The Morgan fingerprint density at radius 1 is 1.57 bits per heavy atom. The average molecular weight is 213 g/mol. The van der Waals surface area contributed by atoms with Crippen molar-refractivity contribution in [2.75, 3.05) is 13.7 Å². The summed E-state index contributed by atoms with van der Waals surface area (Å²) < 4.78 is 5.07. The molecule has 2 atom stereocenters. The summed E-state index contributed by atoms with van der Waals surface area (Å²) in [4.78, 5) is 0. The molecule has 1 N–H and O–H groups in total. The van der Waals surface area contributed by atoms with Crippen molar-refractivity contribution in [1.29, 1.82) is 0 Å². The molecule has 2 nitrogen and oxygen atoms in total. The van der Waals surface area contributed by atoms with Gasteiger partial charge in [-0.05, 0) is 36.0 Å². The summed E-state index contributed by atoms with van der Waals surface area (Å²) in [5.41, 5.74) is 1.20. The average Bonchev–Trinajstić information content (AvgIpc) is 2.96. The molecule has 2 rings (SSSR count). The maximum atomic E-state index is 8.95. The first-order valence-electron chi connectivity index (χ1n) is 4.70. The molecular weight excluding hydrogens is 200 g/mol. The summed E-state index contributed by atoms with van der Waals surface area (Å²) in [5.74, 6) is 1.62. The van der Waals surface area contributed by atoms with Gasteiger partial charge in [0.1, 0.15) is 5.75 Å². The summed E-state index contributed by atoms with van der Waals surface area (Å²) in [6.45, 7) is 0.272. The molecule has 1 aromatic rings. The number of methoxy groups -OCH3 is 1. The number of aliphatic hydroxyl groups is 1. The second-order valence-electron chi connectivity index (χ2n) is 3.68. The first kappa shape index (κ1) is 9.81. The molecule has 0 radical (unpaired) electrons. The van der Waals surface area contributed by atoms with Crippen LogP contribution < -0.4 is 4.74 Å². The molecule has 0 saturated heterocycles. The highest BCUT2D eigenvalue weighted by Gasteiger charge is 2.37. The van der Waals surface area contributed by atoms with E-state index >= 15 is 0 Å². The first-order chi connectivity index (χ1) is 6.76. The van der Waals surface area contributed by atoms with Crippen LogP contribution in [0, 0.1) is 5.92 Å². The van der Waals surface area contributed by atoms with E-state index in [4.69, 9.17) is 21.4 Å². The van der Waals surface area contributed by atoms with Crippen LogP contribution in [0.25, 0.3) is 0 Å². The Labute approximate surface area is 88.5 Å². The molecule has 0 aromatic heterocycles. The lowest BCUT2D eigenvalue weighted by Crippen LogP contribution is -1.90. The van der Waals surface area contributed by atoms with Gasteiger partial charge in [-0.25, -0.2) is 0 Å². The van der Waals surface area contributed by atoms with Crippen LogP contribution in [0.5, 0.6) is 5.75 Å². The Morgan fingerprint density at radius 2 is 2.36 bits per heavy atom. The van der Waals surface area contributed by atoms with Gasteiger partial charge in [0.2, 0.25) is 0 Å². The summed E-state index contributed by atoms with van der Waals surface area (Å²) in [6.07, 6.45) is 1.07. The van der Waals surface area contributed by atoms with E-state index in [0.717, 1.165) is 6.42 Å². The third-order valence-corrected chi connectivity index (χ3v) is 3.06. The highest BCUT2D eigenvalue weighted by Crippen LogP contribution is 2.48. The number of aliphatic hydroxyl groups excluding tert-OH is 1. The Balaban J connectivity index is 2.17. The van der Waals surface area contributed by atoms with Crippen LogP contribution >= 0.6 is 11.6 Å². The van der Waals surface area contributed by atoms with Crippen LogP contribution in [0.4, 0.5) is 0 Å². The van der Waals surface area contributed by atoms with Crippen molar-refractivity contribution in [2.24, 2.45) is 5.92 Å². The third kappa shape index (κ3) is 1.72. The zero-order valence-electron chi connectivity index (χ0n) is 8.03. The van der Waals surface area contributed by atoms with Crippen molar-refractivity contribution in [3.63, 3.8) is 0 Å². The maximum Gasteiger partial charge on any atom is 0.137 e. The van der Waals surface area contributed by atoms with Gasteiger partial charge >= 0.3 is 0 Å². The van der Waals surface area contributed by atoms with Crippen LogP contribution in [-0.2, 0) is 0 Å². The highest BCUT2D eigenvalue weighted by atomic mass is 35.5. The van der Waals surface area contributed by atoms with Crippen LogP contribution in [0.2, 0.25) is 5.02 Å². The summed E-state index contributed by atoms with van der Waals surface area (Å²) in [5, 5.41) is 9.60. The summed E-state index contributed by atoms with van der Waals surface area (Å²) in [7, 11) is 1.61. The lowest BCUT2D eigenvalue weighted by Gasteiger charge is -2.05. The van der Waals surface area contributed by atoms with Gasteiger partial charge in [-0.2, -0.15) is 0 Å². The van der Waals surface area contributed by atoms with Crippen molar-refractivity contribution >= 4 is 11.6 Å². The Bertz CT molecular complexity index is 338. The fourth-order valence-electron chi connectivity index (χ4n) is 1.77. The quantitative estimate of drug-likeness (QED) is 0.834. The molecule has 3 heteroatoms. The second kappa shape index (κ2) is 3.79. The highest BCUT2D eigenvalue weighted by molar-refractivity contribution is 6.32. The van der Waals surface area contributed by atoms with Gasteiger partial charge < -0.3 is 9.84 Å². The van der Waals surface area contributed by atoms with Crippen molar-refractivity contribution < 1.29 is 9.84 Å². The minimum absolute atomic E-state index is 0.272. The first-order valence-corrected chi connectivity index (χ1v) is 5.08. The Kier molecular flexibility index (Phi) is 2.66. The molecular formula is C11H13ClO2. The Morgan fingerprint density at radius 3 is 2.86 bits per heavy atom. The minimum Gasteiger partial charge on any atom is -0.495 e. The van der Waals surface area contributed by atoms with Gasteiger partial charge in [-0.1, -0.05) is 17.7 Å². The molecule has 2 unspecified atom stereocenters. The van der Waals surface area contributed by atoms with Gasteiger partial charge in [0.25, 0.3) is 0 Å². The maximum absolute atomic E-state index is 8.95. The van der Waals surface area contributed by atoms with E-state index in [2.05, 4.69) is 0 Å². The van der Waals surface area contributed by atoms with Gasteiger partial charge in [0, 0.05) is 6.61 Å². The summed E-state index contributed by atoms with van der Waals surface area (Å²) >= 11 is 6.00. The molecule has 1 fully saturated rings. The zero-order valence-corrected chi connectivity index (χ0v) is 8.79. The molecule has 1 aromatic carbocycles. The molecule has 0 aliphatic heterocycles. The number of hydrogen-bond acceptors (Lipinski definition) is 2. The zero-order chi connectivity index (χ0) is 10.1. The van der Waals surface area contributed by atoms with Crippen molar-refractivity contribution in [2.45, 2.75) is 12.3 Å². The molecule has 14 heavy (non-hydrogen) atoms. The van der Waals surface area contributed by atoms with E-state index in [1.54, 1.807) is 7.11 Å². The fraction of sp³-hybridized carbons (Fsp3) is 0.455. The minimum atomic E-state index is 0.272. The van der Waals surface area contributed by atoms with E-state index in [1.807, 2.05) is 18.2 Å². The number of benzene rings is 1. The van der Waals surface area contributed by atoms with E-state index in [9.17, 15) is 0 Å². The van der Waals surface area contributed by atoms with Crippen LogP contribution in [-0.4, -0.2) is 18.8 Å². The second-order valence-corrected chi connectivity index (χ2v) is 4.09.